The number of benzene rings is 3. The van der Waals surface area contributed by atoms with E-state index >= 15 is 0 Å². The molecule has 0 bridgehead atoms. The van der Waals surface area contributed by atoms with E-state index in [0.717, 1.165) is 43.9 Å². The van der Waals surface area contributed by atoms with Crippen molar-refractivity contribution in [2.45, 2.75) is 13.8 Å². The van der Waals surface area contributed by atoms with Gasteiger partial charge in [0.1, 0.15) is 0 Å². The van der Waals surface area contributed by atoms with Crippen LogP contribution in [-0.4, -0.2) is 23.2 Å². The van der Waals surface area contributed by atoms with Gasteiger partial charge in [0, 0.05) is 28.9 Å². The number of hydrogen-bond donors (Lipinski definition) is 0. The van der Waals surface area contributed by atoms with E-state index < -0.39 is 7.60 Å². The van der Waals surface area contributed by atoms with E-state index in [-0.39, 0.29) is 13.2 Å². The summed E-state index contributed by atoms with van der Waals surface area (Å²) in [6.45, 7) is 4.14. The molecule has 34 heavy (non-hydrogen) atoms. The predicted molar refractivity (Wildman–Crippen MR) is 138 cm³/mol. The molecule has 0 aliphatic rings. The summed E-state index contributed by atoms with van der Waals surface area (Å²) in [4.78, 5) is 9.17. The Morgan fingerprint density at radius 1 is 0.765 bits per heavy atom. The molecule has 170 valence electrons. The molecule has 0 fully saturated rings. The number of hydrogen-bond acceptors (Lipinski definition) is 5. The van der Waals surface area contributed by atoms with E-state index in [9.17, 15) is 4.57 Å². The third-order valence-corrected chi connectivity index (χ3v) is 7.74. The first-order valence-electron chi connectivity index (χ1n) is 11.4. The average molecular weight is 468 g/mol. The molecule has 6 heteroatoms. The van der Waals surface area contributed by atoms with Gasteiger partial charge in [0.15, 0.2) is 5.44 Å². The van der Waals surface area contributed by atoms with Gasteiger partial charge < -0.3 is 9.05 Å². The zero-order valence-corrected chi connectivity index (χ0v) is 20.0. The van der Waals surface area contributed by atoms with Gasteiger partial charge in [-0.3, -0.25) is 9.55 Å². The van der Waals surface area contributed by atoms with Crippen LogP contribution in [0.3, 0.4) is 0 Å². The second kappa shape index (κ2) is 9.47. The fraction of sp³-hybridized carbons (Fsp3) is 0.143. The van der Waals surface area contributed by atoms with Crippen LogP contribution in [0.2, 0.25) is 0 Å². The molecule has 0 radical (unpaired) electrons. The maximum absolute atomic E-state index is 13.5. The third kappa shape index (κ3) is 4.14. The van der Waals surface area contributed by atoms with Crippen LogP contribution in [0.25, 0.3) is 43.9 Å². The quantitative estimate of drug-likeness (QED) is 0.241. The minimum absolute atomic E-state index is 0.271. The van der Waals surface area contributed by atoms with E-state index in [4.69, 9.17) is 14.0 Å². The molecule has 0 atom stereocenters. The van der Waals surface area contributed by atoms with E-state index in [2.05, 4.69) is 47.4 Å². The minimum Gasteiger partial charge on any atom is -0.304 e. The standard InChI is InChI=1S/C28H25N2O3P/c1-3-32-34(31,33-4-2)27-15-14-21-17-23(22-11-8-16-29-19-22)18-26(28(21)30-27)25-13-7-10-20-9-5-6-12-24(20)25/h5-19H,3-4H2,1-2H3. The SMILES string of the molecule is CCOP(=O)(OCC)c1ccc2cc(-c3cccnc3)cc(-c3cccc4ccccc34)c2n1. The first-order chi connectivity index (χ1) is 16.6. The van der Waals surface area contributed by atoms with Gasteiger partial charge in [0.2, 0.25) is 0 Å². The topological polar surface area (TPSA) is 61.3 Å². The Balaban J connectivity index is 1.82. The molecular weight excluding hydrogens is 443 g/mol. The summed E-state index contributed by atoms with van der Waals surface area (Å²) in [5.74, 6) is 0. The molecule has 5 nitrogen and oxygen atoms in total. The Hall–Kier alpha value is -3.37. The van der Waals surface area contributed by atoms with Crippen LogP contribution in [0, 0.1) is 0 Å². The van der Waals surface area contributed by atoms with Gasteiger partial charge >= 0.3 is 7.60 Å². The molecule has 0 saturated carbocycles. The minimum atomic E-state index is -3.53. The lowest BCUT2D eigenvalue weighted by Crippen LogP contribution is -2.14. The molecule has 0 spiro atoms. The van der Waals surface area contributed by atoms with Crippen LogP contribution in [0.15, 0.2) is 91.3 Å². The normalized spacial score (nSPS) is 11.8. The van der Waals surface area contributed by atoms with E-state index in [0.29, 0.717) is 5.44 Å². The van der Waals surface area contributed by atoms with Crippen molar-refractivity contribution in [3.63, 3.8) is 0 Å². The second-order valence-corrected chi connectivity index (χ2v) is 9.84. The highest BCUT2D eigenvalue weighted by Crippen LogP contribution is 2.47. The summed E-state index contributed by atoms with van der Waals surface area (Å²) >= 11 is 0. The maximum atomic E-state index is 13.5. The maximum Gasteiger partial charge on any atom is 0.379 e. The Labute approximate surface area is 198 Å². The molecule has 5 aromatic rings. The number of nitrogens with zero attached hydrogens (tertiary/aromatic N) is 2. The highest BCUT2D eigenvalue weighted by atomic mass is 31.2. The number of pyridine rings is 2. The van der Waals surface area contributed by atoms with E-state index in [1.54, 1.807) is 26.1 Å². The Kier molecular flexibility index (Phi) is 6.25. The molecule has 3 aromatic carbocycles. The molecule has 0 aliphatic carbocycles. The van der Waals surface area contributed by atoms with Crippen molar-refractivity contribution >= 4 is 34.7 Å². The summed E-state index contributed by atoms with van der Waals surface area (Å²) in [7, 11) is -3.53. The molecule has 0 N–H and O–H groups in total. The van der Waals surface area contributed by atoms with Crippen LogP contribution < -0.4 is 5.44 Å². The van der Waals surface area contributed by atoms with Crippen LogP contribution in [0.5, 0.6) is 0 Å². The lowest BCUT2D eigenvalue weighted by atomic mass is 9.93. The lowest BCUT2D eigenvalue weighted by Gasteiger charge is -2.18. The number of rotatable bonds is 7. The zero-order chi connectivity index (χ0) is 23.5. The molecule has 5 rings (SSSR count). The smallest absolute Gasteiger partial charge is 0.304 e. The third-order valence-electron chi connectivity index (χ3n) is 5.73. The summed E-state index contributed by atoms with van der Waals surface area (Å²) in [5, 5.41) is 3.21. The van der Waals surface area contributed by atoms with Crippen molar-refractivity contribution in [2.75, 3.05) is 13.2 Å². The fourth-order valence-corrected chi connectivity index (χ4v) is 5.75. The largest absolute Gasteiger partial charge is 0.379 e. The van der Waals surface area contributed by atoms with Crippen molar-refractivity contribution in [1.29, 1.82) is 0 Å². The van der Waals surface area contributed by atoms with Crippen molar-refractivity contribution < 1.29 is 13.6 Å². The van der Waals surface area contributed by atoms with Crippen molar-refractivity contribution in [1.82, 2.24) is 9.97 Å². The van der Waals surface area contributed by atoms with Gasteiger partial charge in [-0.2, -0.15) is 0 Å². The Morgan fingerprint density at radius 2 is 1.56 bits per heavy atom. The monoisotopic (exact) mass is 468 g/mol. The van der Waals surface area contributed by atoms with Crippen LogP contribution in [-0.2, 0) is 13.6 Å². The van der Waals surface area contributed by atoms with Crippen molar-refractivity contribution in [3.05, 3.63) is 91.3 Å². The first kappa shape index (κ1) is 22.4. The van der Waals surface area contributed by atoms with Crippen molar-refractivity contribution in [2.24, 2.45) is 0 Å². The summed E-state index contributed by atoms with van der Waals surface area (Å²) in [5.41, 5.74) is 5.14. The summed E-state index contributed by atoms with van der Waals surface area (Å²) in [6, 6.07) is 26.4. The van der Waals surface area contributed by atoms with Gasteiger partial charge in [0.05, 0.1) is 18.7 Å². The second-order valence-electron chi connectivity index (χ2n) is 7.87. The molecule has 0 aliphatic heterocycles. The van der Waals surface area contributed by atoms with Gasteiger partial charge in [-0.1, -0.05) is 54.6 Å². The van der Waals surface area contributed by atoms with E-state index in [1.165, 1.54) is 0 Å². The highest BCUT2D eigenvalue weighted by molar-refractivity contribution is 7.61. The lowest BCUT2D eigenvalue weighted by molar-refractivity contribution is 0.229. The molecule has 2 heterocycles. The summed E-state index contributed by atoms with van der Waals surface area (Å²) in [6.07, 6.45) is 3.62. The zero-order valence-electron chi connectivity index (χ0n) is 19.1. The number of fused-ring (bicyclic) bond motifs is 2. The van der Waals surface area contributed by atoms with Crippen LogP contribution in [0.1, 0.15) is 13.8 Å². The molecule has 0 saturated heterocycles. The van der Waals surface area contributed by atoms with Crippen molar-refractivity contribution in [3.8, 4) is 22.3 Å². The Bertz CT molecular complexity index is 1500. The molecular formula is C28H25N2O3P. The molecule has 0 unspecified atom stereocenters. The first-order valence-corrected chi connectivity index (χ1v) is 12.9. The van der Waals surface area contributed by atoms with Gasteiger partial charge in [-0.25, -0.2) is 4.98 Å². The summed E-state index contributed by atoms with van der Waals surface area (Å²) < 4.78 is 24.6. The average Bonchev–Trinajstić information content (AvgIpc) is 2.88. The van der Waals surface area contributed by atoms with Gasteiger partial charge in [-0.15, -0.1) is 0 Å². The molecule has 2 aromatic heterocycles. The van der Waals surface area contributed by atoms with Crippen LogP contribution in [0.4, 0.5) is 0 Å². The van der Waals surface area contributed by atoms with Gasteiger partial charge in [0.25, 0.3) is 0 Å². The predicted octanol–water partition coefficient (Wildman–Crippen LogP) is 7.01. The fourth-order valence-electron chi connectivity index (χ4n) is 4.25. The van der Waals surface area contributed by atoms with Crippen LogP contribution >= 0.6 is 7.60 Å². The highest BCUT2D eigenvalue weighted by Gasteiger charge is 2.29. The number of aromatic nitrogens is 2. The van der Waals surface area contributed by atoms with Gasteiger partial charge in [-0.05, 0) is 60.0 Å². The van der Waals surface area contributed by atoms with E-state index in [1.807, 2.05) is 36.5 Å². The Morgan fingerprint density at radius 3 is 2.32 bits per heavy atom. The molecule has 0 amide bonds.